The highest BCUT2D eigenvalue weighted by atomic mass is 19.1. The second-order valence-electron chi connectivity index (χ2n) is 5.78. The number of rotatable bonds is 5. The van der Waals surface area contributed by atoms with E-state index in [1.54, 1.807) is 12.1 Å². The lowest BCUT2D eigenvalue weighted by molar-refractivity contribution is -0.0128. The molecule has 1 aliphatic rings. The van der Waals surface area contributed by atoms with Gasteiger partial charge in [-0.05, 0) is 55.3 Å². The molecule has 0 spiro atoms. The van der Waals surface area contributed by atoms with E-state index in [0.717, 1.165) is 36.1 Å². The average molecular weight is 310 g/mol. The predicted molar refractivity (Wildman–Crippen MR) is 87.8 cm³/mol. The van der Waals surface area contributed by atoms with Crippen molar-refractivity contribution in [1.82, 2.24) is 5.32 Å². The second kappa shape index (κ2) is 6.49. The number of ether oxygens (including phenoxy) is 1. The highest BCUT2D eigenvalue weighted by molar-refractivity contribution is 5.54. The van der Waals surface area contributed by atoms with E-state index in [4.69, 9.17) is 11.3 Å². The van der Waals surface area contributed by atoms with Crippen LogP contribution in [0.1, 0.15) is 29.5 Å². The van der Waals surface area contributed by atoms with Crippen molar-refractivity contribution in [2.24, 2.45) is 0 Å². The maximum atomic E-state index is 13.3. The standard InChI is InChI=1S/C19H19FN2O/c1-21-11-3-10-19(15-4-6-16(20)7-5-15)18-9-8-17(22-2)12-14(18)13-23-19/h4-9,12,21H,3,10-11,13H2,1H3. The third-order valence-corrected chi connectivity index (χ3v) is 4.39. The van der Waals surface area contributed by atoms with Gasteiger partial charge in [0.1, 0.15) is 11.4 Å². The molecule has 2 aromatic rings. The smallest absolute Gasteiger partial charge is 0.187 e. The van der Waals surface area contributed by atoms with Crippen LogP contribution < -0.4 is 5.32 Å². The summed E-state index contributed by atoms with van der Waals surface area (Å²) in [6.07, 6.45) is 1.75. The number of benzene rings is 2. The van der Waals surface area contributed by atoms with Crippen molar-refractivity contribution < 1.29 is 9.13 Å². The van der Waals surface area contributed by atoms with Gasteiger partial charge in [0.25, 0.3) is 0 Å². The van der Waals surface area contributed by atoms with Crippen molar-refractivity contribution in [1.29, 1.82) is 0 Å². The quantitative estimate of drug-likeness (QED) is 0.663. The van der Waals surface area contributed by atoms with Crippen molar-refractivity contribution in [2.45, 2.75) is 25.0 Å². The Bertz CT molecular complexity index is 736. The van der Waals surface area contributed by atoms with Crippen LogP contribution in [0.2, 0.25) is 0 Å². The molecule has 2 aromatic carbocycles. The first-order valence-corrected chi connectivity index (χ1v) is 7.75. The Morgan fingerprint density at radius 1 is 1.26 bits per heavy atom. The van der Waals surface area contributed by atoms with Crippen LogP contribution in [-0.2, 0) is 16.9 Å². The Balaban J connectivity index is 2.05. The number of hydrogen-bond acceptors (Lipinski definition) is 2. The molecule has 23 heavy (non-hydrogen) atoms. The Morgan fingerprint density at radius 2 is 2.04 bits per heavy atom. The molecule has 4 heteroatoms. The molecule has 1 unspecified atom stereocenters. The summed E-state index contributed by atoms with van der Waals surface area (Å²) in [5.41, 5.74) is 3.17. The number of fused-ring (bicyclic) bond motifs is 1. The molecule has 0 fully saturated rings. The van der Waals surface area contributed by atoms with E-state index in [9.17, 15) is 4.39 Å². The van der Waals surface area contributed by atoms with Crippen molar-refractivity contribution in [3.63, 3.8) is 0 Å². The van der Waals surface area contributed by atoms with Gasteiger partial charge in [0.2, 0.25) is 0 Å². The Labute approximate surface area is 135 Å². The normalized spacial score (nSPS) is 19.3. The number of halogens is 1. The highest BCUT2D eigenvalue weighted by Crippen LogP contribution is 2.46. The van der Waals surface area contributed by atoms with Gasteiger partial charge in [-0.2, -0.15) is 0 Å². The molecule has 118 valence electrons. The fraction of sp³-hybridized carbons (Fsp3) is 0.316. The molecule has 0 saturated heterocycles. The average Bonchev–Trinajstić information content (AvgIpc) is 2.95. The van der Waals surface area contributed by atoms with Gasteiger partial charge in [0.05, 0.1) is 13.2 Å². The van der Waals surface area contributed by atoms with Gasteiger partial charge in [-0.15, -0.1) is 0 Å². The van der Waals surface area contributed by atoms with E-state index >= 15 is 0 Å². The Kier molecular flexibility index (Phi) is 4.42. The maximum Gasteiger partial charge on any atom is 0.187 e. The molecule has 0 aliphatic carbocycles. The summed E-state index contributed by atoms with van der Waals surface area (Å²) >= 11 is 0. The van der Waals surface area contributed by atoms with Crippen molar-refractivity contribution in [2.75, 3.05) is 13.6 Å². The Morgan fingerprint density at radius 3 is 2.74 bits per heavy atom. The summed E-state index contributed by atoms with van der Waals surface area (Å²) in [6, 6.07) is 12.3. The van der Waals surface area contributed by atoms with Crippen LogP contribution in [0.5, 0.6) is 0 Å². The summed E-state index contributed by atoms with van der Waals surface area (Å²) in [7, 11) is 1.93. The van der Waals surface area contributed by atoms with Crippen LogP contribution in [-0.4, -0.2) is 13.6 Å². The van der Waals surface area contributed by atoms with Crippen LogP contribution in [0.4, 0.5) is 10.1 Å². The van der Waals surface area contributed by atoms with Crippen LogP contribution in [0.3, 0.4) is 0 Å². The molecule has 3 rings (SSSR count). The molecule has 0 bridgehead atoms. The predicted octanol–water partition coefficient (Wildman–Crippen LogP) is 4.15. The van der Waals surface area contributed by atoms with Gasteiger partial charge in [-0.1, -0.05) is 30.3 Å². The summed E-state index contributed by atoms with van der Waals surface area (Å²) < 4.78 is 19.5. The first kappa shape index (κ1) is 15.7. The minimum atomic E-state index is -0.555. The van der Waals surface area contributed by atoms with Crippen LogP contribution in [0.25, 0.3) is 4.85 Å². The molecule has 0 radical (unpaired) electrons. The second-order valence-corrected chi connectivity index (χ2v) is 5.78. The SMILES string of the molecule is [C-]#[N+]c1ccc2c(c1)COC2(CCCNC)c1ccc(F)cc1. The number of nitrogens with one attached hydrogen (secondary N) is 1. The van der Waals surface area contributed by atoms with Gasteiger partial charge in [-0.3, -0.25) is 0 Å². The minimum absolute atomic E-state index is 0.249. The molecule has 0 amide bonds. The van der Waals surface area contributed by atoms with Crippen LogP contribution in [0, 0.1) is 12.4 Å². The molecular formula is C19H19FN2O. The molecule has 0 aromatic heterocycles. The first-order valence-electron chi connectivity index (χ1n) is 7.75. The molecule has 1 heterocycles. The van der Waals surface area contributed by atoms with E-state index in [2.05, 4.69) is 10.2 Å². The molecule has 0 saturated carbocycles. The fourth-order valence-electron chi connectivity index (χ4n) is 3.26. The summed E-state index contributed by atoms with van der Waals surface area (Å²) in [4.78, 5) is 3.49. The van der Waals surface area contributed by atoms with Crippen LogP contribution in [0.15, 0.2) is 42.5 Å². The van der Waals surface area contributed by atoms with Gasteiger partial charge >= 0.3 is 0 Å². The zero-order valence-corrected chi connectivity index (χ0v) is 13.1. The fourth-order valence-corrected chi connectivity index (χ4v) is 3.26. The number of nitrogens with zero attached hydrogens (tertiary/aromatic N) is 1. The maximum absolute atomic E-state index is 13.3. The Hall–Kier alpha value is -2.22. The lowest BCUT2D eigenvalue weighted by Crippen LogP contribution is -2.28. The van der Waals surface area contributed by atoms with E-state index in [1.807, 2.05) is 25.2 Å². The molecule has 1 atom stereocenters. The zero-order valence-electron chi connectivity index (χ0n) is 13.1. The zero-order chi connectivity index (χ0) is 16.3. The lowest BCUT2D eigenvalue weighted by Gasteiger charge is -2.30. The summed E-state index contributed by atoms with van der Waals surface area (Å²) in [6.45, 7) is 8.54. The van der Waals surface area contributed by atoms with E-state index in [0.29, 0.717) is 12.3 Å². The van der Waals surface area contributed by atoms with Crippen molar-refractivity contribution in [3.05, 3.63) is 76.4 Å². The molecule has 3 nitrogen and oxygen atoms in total. The largest absolute Gasteiger partial charge is 0.361 e. The van der Waals surface area contributed by atoms with Crippen molar-refractivity contribution >= 4 is 5.69 Å². The molecular weight excluding hydrogens is 291 g/mol. The lowest BCUT2D eigenvalue weighted by atomic mass is 9.82. The monoisotopic (exact) mass is 310 g/mol. The topological polar surface area (TPSA) is 25.6 Å². The van der Waals surface area contributed by atoms with E-state index in [1.165, 1.54) is 12.1 Å². The summed E-state index contributed by atoms with van der Waals surface area (Å²) in [5, 5.41) is 3.16. The van der Waals surface area contributed by atoms with E-state index in [-0.39, 0.29) is 5.82 Å². The minimum Gasteiger partial charge on any atom is -0.361 e. The van der Waals surface area contributed by atoms with Crippen LogP contribution >= 0.6 is 0 Å². The highest BCUT2D eigenvalue weighted by Gasteiger charge is 2.41. The molecule has 1 aliphatic heterocycles. The van der Waals surface area contributed by atoms with Crippen molar-refractivity contribution in [3.8, 4) is 0 Å². The third kappa shape index (κ3) is 2.86. The van der Waals surface area contributed by atoms with Gasteiger partial charge in [0.15, 0.2) is 5.69 Å². The number of hydrogen-bond donors (Lipinski definition) is 1. The third-order valence-electron chi connectivity index (χ3n) is 4.39. The van der Waals surface area contributed by atoms with Gasteiger partial charge in [0, 0.05) is 0 Å². The van der Waals surface area contributed by atoms with E-state index < -0.39 is 5.60 Å². The van der Waals surface area contributed by atoms with Gasteiger partial charge in [-0.25, -0.2) is 9.24 Å². The van der Waals surface area contributed by atoms with Gasteiger partial charge < -0.3 is 10.1 Å². The summed E-state index contributed by atoms with van der Waals surface area (Å²) in [5.74, 6) is -0.249. The first-order chi connectivity index (χ1) is 11.2. The molecule has 1 N–H and O–H groups in total.